The third-order valence-corrected chi connectivity index (χ3v) is 12.2. The summed E-state index contributed by atoms with van der Waals surface area (Å²) >= 11 is 0. The quantitative estimate of drug-likeness (QED) is 0.0159. The molecular formula is C48H84N16O17. The third-order valence-electron chi connectivity index (χ3n) is 12.2. The number of carboxylic acids is 1. The van der Waals surface area contributed by atoms with Crippen molar-refractivity contribution < 1.29 is 82.8 Å². The van der Waals surface area contributed by atoms with E-state index in [0.29, 0.717) is 6.42 Å². The van der Waals surface area contributed by atoms with Crippen LogP contribution in [0.15, 0.2) is 4.99 Å². The van der Waals surface area contributed by atoms with Crippen LogP contribution in [0.5, 0.6) is 0 Å². The molecule has 12 atom stereocenters. The number of aliphatic hydroxyl groups is 3. The molecule has 458 valence electrons. The first-order valence-corrected chi connectivity index (χ1v) is 26.3. The van der Waals surface area contributed by atoms with Crippen molar-refractivity contribution in [1.82, 2.24) is 58.1 Å². The fraction of sp³-hybridized carbons (Fsp3) is 0.708. The summed E-state index contributed by atoms with van der Waals surface area (Å²) in [5.41, 5.74) is 21.6. The van der Waals surface area contributed by atoms with Crippen LogP contribution in [0.3, 0.4) is 0 Å². The Balaban J connectivity index is 3.21. The number of amides is 12. The van der Waals surface area contributed by atoms with Gasteiger partial charge in [0, 0.05) is 13.1 Å². The molecule has 0 saturated carbocycles. The number of guanidine groups is 1. The molecule has 81 heavy (non-hydrogen) atoms. The molecule has 0 spiro atoms. The fourth-order valence-electron chi connectivity index (χ4n) is 7.85. The SMILES string of the molecule is CC(C)C[C@H](NC(=O)[C@@H]1CCCN1C(=O)[C@H](CC(C)C)NC(=O)[C@H](CC(N)=O)NC(=O)[C@H](C)NC(=O)[C@@H](NC(=O)[C@H](C)NC(=O)CNC(=O)[C@H](C)NC(=O)[C@@H](N)CO)[C@@H](C)O)C(=O)N[C@@H](CCCN=C(N)N)C(=O)N[C@@H](CO)C(=O)O. The van der Waals surface area contributed by atoms with Crippen LogP contribution in [0.4, 0.5) is 0 Å². The zero-order valence-corrected chi connectivity index (χ0v) is 46.9. The number of carbonyl (C=O) groups excluding carboxylic acids is 12. The smallest absolute Gasteiger partial charge is 0.328 e. The minimum atomic E-state index is -1.74. The molecule has 0 aliphatic carbocycles. The Kier molecular flexibility index (Phi) is 30.8. The molecule has 12 amide bonds. The Morgan fingerprint density at radius 2 is 1.09 bits per heavy atom. The minimum absolute atomic E-state index is 0.0166. The van der Waals surface area contributed by atoms with Gasteiger partial charge in [-0.25, -0.2) is 4.79 Å². The van der Waals surface area contributed by atoms with E-state index in [1.807, 2.05) is 0 Å². The Morgan fingerprint density at radius 1 is 0.580 bits per heavy atom. The van der Waals surface area contributed by atoms with Crippen LogP contribution in [-0.2, 0) is 62.3 Å². The first-order chi connectivity index (χ1) is 37.7. The number of carboxylic acid groups (broad SMARTS) is 1. The summed E-state index contributed by atoms with van der Waals surface area (Å²) in [6.07, 6.45) is -1.90. The van der Waals surface area contributed by atoms with Crippen LogP contribution in [0.25, 0.3) is 0 Å². The van der Waals surface area contributed by atoms with Gasteiger partial charge in [0.1, 0.15) is 66.5 Å². The van der Waals surface area contributed by atoms with Crippen LogP contribution in [-0.4, -0.2) is 214 Å². The van der Waals surface area contributed by atoms with E-state index in [1.54, 1.807) is 27.7 Å². The van der Waals surface area contributed by atoms with Gasteiger partial charge in [0.25, 0.3) is 0 Å². The first-order valence-electron chi connectivity index (χ1n) is 26.3. The Hall–Kier alpha value is -7.78. The van der Waals surface area contributed by atoms with Crippen molar-refractivity contribution in [1.29, 1.82) is 0 Å². The number of aliphatic carboxylic acids is 1. The largest absolute Gasteiger partial charge is 0.480 e. The molecule has 1 saturated heterocycles. The molecule has 0 unspecified atom stereocenters. The van der Waals surface area contributed by atoms with Crippen molar-refractivity contribution in [2.75, 3.05) is 32.8 Å². The molecule has 0 bridgehead atoms. The van der Waals surface area contributed by atoms with Gasteiger partial charge in [-0.2, -0.15) is 0 Å². The van der Waals surface area contributed by atoms with Gasteiger partial charge in [-0.05, 0) is 78.1 Å². The van der Waals surface area contributed by atoms with E-state index in [4.69, 9.17) is 28.0 Å². The van der Waals surface area contributed by atoms with Crippen molar-refractivity contribution >= 4 is 82.8 Å². The van der Waals surface area contributed by atoms with E-state index in [2.05, 4.69) is 58.2 Å². The number of nitrogens with one attached hydrogen (secondary N) is 10. The second-order valence-electron chi connectivity index (χ2n) is 20.4. The lowest BCUT2D eigenvalue weighted by atomic mass is 10.00. The predicted molar refractivity (Wildman–Crippen MR) is 286 cm³/mol. The summed E-state index contributed by atoms with van der Waals surface area (Å²) in [7, 11) is 0. The number of nitrogens with two attached hydrogens (primary N) is 4. The van der Waals surface area contributed by atoms with Gasteiger partial charge in [0.05, 0.1) is 32.3 Å². The van der Waals surface area contributed by atoms with Gasteiger partial charge in [0.15, 0.2) is 5.96 Å². The van der Waals surface area contributed by atoms with E-state index in [1.165, 1.54) is 25.7 Å². The first kappa shape index (κ1) is 71.2. The average Bonchev–Trinajstić information content (AvgIpc) is 3.89. The Labute approximate surface area is 468 Å². The summed E-state index contributed by atoms with van der Waals surface area (Å²) in [6.45, 7) is 9.55. The highest BCUT2D eigenvalue weighted by Crippen LogP contribution is 2.22. The maximum Gasteiger partial charge on any atom is 0.328 e. The predicted octanol–water partition coefficient (Wildman–Crippen LogP) is -8.68. The molecule has 1 rings (SSSR count). The lowest BCUT2D eigenvalue weighted by Crippen LogP contribution is -2.61. The highest BCUT2D eigenvalue weighted by molar-refractivity contribution is 6.00. The number of aliphatic hydroxyl groups excluding tert-OH is 3. The van der Waals surface area contributed by atoms with Gasteiger partial charge < -0.3 is 101 Å². The van der Waals surface area contributed by atoms with Crippen molar-refractivity contribution in [3.63, 3.8) is 0 Å². The minimum Gasteiger partial charge on any atom is -0.480 e. The molecule has 0 aromatic carbocycles. The lowest BCUT2D eigenvalue weighted by Gasteiger charge is -2.32. The van der Waals surface area contributed by atoms with E-state index in [9.17, 15) is 77.6 Å². The molecule has 22 N–H and O–H groups in total. The van der Waals surface area contributed by atoms with Crippen molar-refractivity contribution in [2.24, 2.45) is 39.8 Å². The maximum atomic E-state index is 14.4. The Bertz CT molecular complexity index is 2260. The summed E-state index contributed by atoms with van der Waals surface area (Å²) in [5, 5.41) is 61.8. The maximum absolute atomic E-state index is 14.4. The topological polar surface area (TPSA) is 543 Å². The van der Waals surface area contributed by atoms with Crippen molar-refractivity contribution in [3.8, 4) is 0 Å². The number of aliphatic imine (C=N–C) groups is 1. The van der Waals surface area contributed by atoms with E-state index < -0.39 is 176 Å². The van der Waals surface area contributed by atoms with Gasteiger partial charge in [-0.3, -0.25) is 62.5 Å². The standard InChI is InChI=1S/C48H84N16O17/c1-21(2)15-29(42(75)58-28(11-9-13-53-48(51)52)41(74)62-32(20-66)47(80)81)60-44(77)33-12-10-14-64(33)46(79)31(16-22(3)4)61-43(76)30(17-34(50)68)59-38(71)25(7)57-45(78)36(26(8)67)63-39(72)24(6)55-35(69)18-54-37(70)23(5)56-40(73)27(49)19-65/h21-33,36,65-67H,9-20,49H2,1-8H3,(H2,50,68)(H,54,70)(H,55,69)(H,56,73)(H,57,78)(H,58,75)(H,59,71)(H,60,77)(H,61,76)(H,62,74)(H,63,72)(H,80,81)(H4,51,52,53)/t23-,24-,25-,26+,27-,28-,29-,30-,31-,32-,33-,36-/m0/s1. The Morgan fingerprint density at radius 3 is 1.63 bits per heavy atom. The number of hydrogen-bond acceptors (Lipinski definition) is 18. The van der Waals surface area contributed by atoms with Crippen molar-refractivity contribution in [3.05, 3.63) is 0 Å². The number of nitrogens with zero attached hydrogens (tertiary/aromatic N) is 2. The highest BCUT2D eigenvalue weighted by atomic mass is 16.4. The number of primary amides is 1. The van der Waals surface area contributed by atoms with Gasteiger partial charge in [0.2, 0.25) is 70.9 Å². The lowest BCUT2D eigenvalue weighted by molar-refractivity contribution is -0.143. The second kappa shape index (κ2) is 35.1. The molecule has 1 aliphatic heterocycles. The summed E-state index contributed by atoms with van der Waals surface area (Å²) in [4.78, 5) is 175. The molecule has 1 heterocycles. The number of hydrogen-bond donors (Lipinski definition) is 18. The normalized spacial score (nSPS) is 17.1. The average molecular weight is 1160 g/mol. The summed E-state index contributed by atoms with van der Waals surface area (Å²) in [5.74, 6) is -13.3. The number of likely N-dealkylation sites (tertiary alicyclic amines) is 1. The monoisotopic (exact) mass is 1160 g/mol. The molecule has 1 aliphatic rings. The molecule has 0 radical (unpaired) electrons. The molecule has 0 aromatic heterocycles. The zero-order valence-electron chi connectivity index (χ0n) is 46.9. The van der Waals surface area contributed by atoms with E-state index in [0.717, 1.165) is 6.92 Å². The van der Waals surface area contributed by atoms with Gasteiger partial charge in [-0.1, -0.05) is 27.7 Å². The number of rotatable bonds is 35. The molecular weight excluding hydrogens is 1070 g/mol. The number of carbonyl (C=O) groups is 13. The van der Waals surface area contributed by atoms with E-state index in [-0.39, 0.29) is 63.0 Å². The molecule has 0 aromatic rings. The highest BCUT2D eigenvalue weighted by Gasteiger charge is 2.41. The van der Waals surface area contributed by atoms with Crippen LogP contribution >= 0.6 is 0 Å². The zero-order chi connectivity index (χ0) is 62.0. The van der Waals surface area contributed by atoms with Gasteiger partial charge in [-0.15, -0.1) is 0 Å². The van der Waals surface area contributed by atoms with Gasteiger partial charge >= 0.3 is 5.97 Å². The second-order valence-corrected chi connectivity index (χ2v) is 20.4. The van der Waals surface area contributed by atoms with E-state index >= 15 is 0 Å². The molecule has 33 nitrogen and oxygen atoms in total. The molecule has 33 heteroatoms. The van der Waals surface area contributed by atoms with Crippen molar-refractivity contribution in [2.45, 2.75) is 173 Å². The summed E-state index contributed by atoms with van der Waals surface area (Å²) in [6, 6.07) is -15.7. The summed E-state index contributed by atoms with van der Waals surface area (Å²) < 4.78 is 0. The third kappa shape index (κ3) is 25.5. The van der Waals surface area contributed by atoms with Crippen LogP contribution < -0.4 is 76.1 Å². The van der Waals surface area contributed by atoms with Crippen LogP contribution in [0.2, 0.25) is 0 Å². The van der Waals surface area contributed by atoms with Crippen LogP contribution in [0.1, 0.15) is 100 Å². The molecule has 1 fully saturated rings. The fourth-order valence-corrected chi connectivity index (χ4v) is 7.85. The van der Waals surface area contributed by atoms with Crippen LogP contribution in [0, 0.1) is 11.8 Å².